The minimum atomic E-state index is -0.346. The van der Waals surface area contributed by atoms with Crippen molar-refractivity contribution >= 4 is 21.8 Å². The van der Waals surface area contributed by atoms with Gasteiger partial charge in [0.05, 0.1) is 0 Å². The first kappa shape index (κ1) is 12.1. The molecule has 0 aromatic heterocycles. The zero-order valence-electron chi connectivity index (χ0n) is 8.09. The van der Waals surface area contributed by atoms with Gasteiger partial charge in [-0.2, -0.15) is 0 Å². The number of primary amides is 1. The molecule has 0 saturated carbocycles. The van der Waals surface area contributed by atoms with Gasteiger partial charge in [-0.1, -0.05) is 15.9 Å². The molecule has 0 aliphatic heterocycles. The lowest BCUT2D eigenvalue weighted by Crippen LogP contribution is -2.21. The Labute approximate surface area is 96.0 Å². The van der Waals surface area contributed by atoms with Gasteiger partial charge in [0.2, 0.25) is 5.91 Å². The molecule has 5 heteroatoms. The molecule has 0 atom stereocenters. The van der Waals surface area contributed by atoms with Gasteiger partial charge >= 0.3 is 0 Å². The Morgan fingerprint density at radius 3 is 2.93 bits per heavy atom. The van der Waals surface area contributed by atoms with Crippen molar-refractivity contribution in [2.24, 2.45) is 5.73 Å². The van der Waals surface area contributed by atoms with Gasteiger partial charge in [-0.15, -0.1) is 0 Å². The number of hydrogen-bond acceptors (Lipinski definition) is 2. The summed E-state index contributed by atoms with van der Waals surface area (Å²) in [5.74, 6) is -0.620. The molecule has 1 rings (SSSR count). The van der Waals surface area contributed by atoms with Gasteiger partial charge in [0.15, 0.2) is 0 Å². The van der Waals surface area contributed by atoms with Crippen LogP contribution in [0.25, 0.3) is 0 Å². The molecule has 0 radical (unpaired) electrons. The summed E-state index contributed by atoms with van der Waals surface area (Å²) in [5, 5.41) is 3.00. The number of nitrogens with two attached hydrogens (primary N) is 1. The van der Waals surface area contributed by atoms with E-state index in [0.717, 1.165) is 10.0 Å². The number of nitrogens with one attached hydrogen (secondary N) is 1. The molecule has 0 bridgehead atoms. The first-order valence-corrected chi connectivity index (χ1v) is 5.32. The number of benzene rings is 1. The number of rotatable bonds is 5. The van der Waals surface area contributed by atoms with Gasteiger partial charge in [-0.3, -0.25) is 4.79 Å². The molecule has 0 aliphatic rings. The Hall–Kier alpha value is -0.940. The molecule has 1 aromatic rings. The van der Waals surface area contributed by atoms with E-state index in [2.05, 4.69) is 21.2 Å². The lowest BCUT2D eigenvalue weighted by atomic mass is 10.2. The van der Waals surface area contributed by atoms with E-state index in [1.54, 1.807) is 6.07 Å². The van der Waals surface area contributed by atoms with E-state index < -0.39 is 0 Å². The van der Waals surface area contributed by atoms with Crippen LogP contribution in [0, 0.1) is 5.82 Å². The molecule has 0 aliphatic carbocycles. The molecular weight excluding hydrogens is 263 g/mol. The summed E-state index contributed by atoms with van der Waals surface area (Å²) in [5.41, 5.74) is 5.80. The van der Waals surface area contributed by atoms with Crippen LogP contribution in [0.3, 0.4) is 0 Å². The summed E-state index contributed by atoms with van der Waals surface area (Å²) in [4.78, 5) is 10.4. The summed E-state index contributed by atoms with van der Waals surface area (Å²) in [6, 6.07) is 4.48. The predicted molar refractivity (Wildman–Crippen MR) is 59.6 cm³/mol. The van der Waals surface area contributed by atoms with Gasteiger partial charge in [0.25, 0.3) is 0 Å². The van der Waals surface area contributed by atoms with Crippen LogP contribution in [0.15, 0.2) is 22.7 Å². The molecule has 1 amide bonds. The van der Waals surface area contributed by atoms with Crippen LogP contribution in [0.5, 0.6) is 0 Å². The third kappa shape index (κ3) is 4.40. The van der Waals surface area contributed by atoms with Crippen LogP contribution in [-0.2, 0) is 11.3 Å². The van der Waals surface area contributed by atoms with E-state index in [4.69, 9.17) is 5.73 Å². The van der Waals surface area contributed by atoms with E-state index in [0.29, 0.717) is 13.1 Å². The second-order valence-corrected chi connectivity index (χ2v) is 3.98. The average molecular weight is 275 g/mol. The second kappa shape index (κ2) is 5.82. The summed E-state index contributed by atoms with van der Waals surface area (Å²) in [6.07, 6.45) is 0.285. The topological polar surface area (TPSA) is 55.1 Å². The van der Waals surface area contributed by atoms with Crippen LogP contribution < -0.4 is 11.1 Å². The first-order chi connectivity index (χ1) is 7.09. The molecular formula is C10H12BrFN2O. The van der Waals surface area contributed by atoms with Crippen LogP contribution in [0.2, 0.25) is 0 Å². The van der Waals surface area contributed by atoms with Gasteiger partial charge in [-0.05, 0) is 23.8 Å². The Bertz CT molecular complexity index is 357. The van der Waals surface area contributed by atoms with Crippen molar-refractivity contribution < 1.29 is 9.18 Å². The average Bonchev–Trinajstić information content (AvgIpc) is 2.17. The van der Waals surface area contributed by atoms with Crippen molar-refractivity contribution in [2.75, 3.05) is 6.54 Å². The maximum absolute atomic E-state index is 12.9. The summed E-state index contributed by atoms with van der Waals surface area (Å²) < 4.78 is 13.7. The maximum Gasteiger partial charge on any atom is 0.218 e. The molecule has 0 spiro atoms. The zero-order valence-corrected chi connectivity index (χ0v) is 9.68. The van der Waals surface area contributed by atoms with E-state index in [-0.39, 0.29) is 18.1 Å². The Kier molecular flexibility index (Phi) is 4.71. The third-order valence-electron chi connectivity index (χ3n) is 1.87. The summed E-state index contributed by atoms with van der Waals surface area (Å²) in [6.45, 7) is 1.00. The summed E-state index contributed by atoms with van der Waals surface area (Å²) >= 11 is 3.31. The molecule has 15 heavy (non-hydrogen) atoms. The first-order valence-electron chi connectivity index (χ1n) is 4.52. The van der Waals surface area contributed by atoms with Crippen LogP contribution in [-0.4, -0.2) is 12.5 Å². The van der Waals surface area contributed by atoms with Crippen LogP contribution in [0.4, 0.5) is 4.39 Å². The molecule has 0 saturated heterocycles. The molecule has 82 valence electrons. The number of halogens is 2. The minimum Gasteiger partial charge on any atom is -0.370 e. The van der Waals surface area contributed by atoms with E-state index in [1.807, 2.05) is 0 Å². The zero-order chi connectivity index (χ0) is 11.3. The van der Waals surface area contributed by atoms with E-state index >= 15 is 0 Å². The van der Waals surface area contributed by atoms with Crippen molar-refractivity contribution in [3.63, 3.8) is 0 Å². The quantitative estimate of drug-likeness (QED) is 0.801. The lowest BCUT2D eigenvalue weighted by molar-refractivity contribution is -0.117. The highest BCUT2D eigenvalue weighted by Gasteiger charge is 2.01. The van der Waals surface area contributed by atoms with Crippen LogP contribution >= 0.6 is 15.9 Å². The highest BCUT2D eigenvalue weighted by atomic mass is 79.9. The lowest BCUT2D eigenvalue weighted by Gasteiger charge is -2.05. The number of carbonyl (C=O) groups excluding carboxylic acids is 1. The second-order valence-electron chi connectivity index (χ2n) is 3.13. The largest absolute Gasteiger partial charge is 0.370 e. The molecule has 1 aromatic carbocycles. The molecule has 0 unspecified atom stereocenters. The van der Waals surface area contributed by atoms with Crippen molar-refractivity contribution in [1.82, 2.24) is 5.32 Å². The smallest absolute Gasteiger partial charge is 0.218 e. The number of hydrogen-bond donors (Lipinski definition) is 2. The standard InChI is InChI=1S/C10H12BrFN2O/c11-9-2-1-8(12)5-7(9)6-14-4-3-10(13)15/h1-2,5,14H,3-4,6H2,(H2,13,15). The van der Waals surface area contributed by atoms with Gasteiger partial charge in [0, 0.05) is 24.0 Å². The van der Waals surface area contributed by atoms with Gasteiger partial charge in [0.1, 0.15) is 5.82 Å². The van der Waals surface area contributed by atoms with Gasteiger partial charge in [-0.25, -0.2) is 4.39 Å². The van der Waals surface area contributed by atoms with Crippen molar-refractivity contribution in [3.8, 4) is 0 Å². The highest BCUT2D eigenvalue weighted by Crippen LogP contribution is 2.17. The Morgan fingerprint density at radius 2 is 2.27 bits per heavy atom. The van der Waals surface area contributed by atoms with Crippen molar-refractivity contribution in [1.29, 1.82) is 0 Å². The van der Waals surface area contributed by atoms with Crippen molar-refractivity contribution in [3.05, 3.63) is 34.1 Å². The predicted octanol–water partition coefficient (Wildman–Crippen LogP) is 1.55. The fourth-order valence-corrected chi connectivity index (χ4v) is 1.50. The Morgan fingerprint density at radius 1 is 1.53 bits per heavy atom. The highest BCUT2D eigenvalue weighted by molar-refractivity contribution is 9.10. The van der Waals surface area contributed by atoms with E-state index in [9.17, 15) is 9.18 Å². The normalized spacial score (nSPS) is 10.3. The number of amides is 1. The van der Waals surface area contributed by atoms with Gasteiger partial charge < -0.3 is 11.1 Å². The van der Waals surface area contributed by atoms with Crippen LogP contribution in [0.1, 0.15) is 12.0 Å². The molecule has 0 heterocycles. The third-order valence-corrected chi connectivity index (χ3v) is 2.65. The molecule has 3 N–H and O–H groups in total. The monoisotopic (exact) mass is 274 g/mol. The van der Waals surface area contributed by atoms with E-state index in [1.165, 1.54) is 12.1 Å². The molecule has 0 fully saturated rings. The number of carbonyl (C=O) groups is 1. The SMILES string of the molecule is NC(=O)CCNCc1cc(F)ccc1Br. The fourth-order valence-electron chi connectivity index (χ4n) is 1.11. The summed E-state index contributed by atoms with van der Waals surface area (Å²) in [7, 11) is 0. The van der Waals surface area contributed by atoms with Crippen molar-refractivity contribution in [2.45, 2.75) is 13.0 Å². The Balaban J connectivity index is 2.43. The minimum absolute atomic E-state index is 0.273. The molecule has 3 nitrogen and oxygen atoms in total. The fraction of sp³-hybridized carbons (Fsp3) is 0.300. The maximum atomic E-state index is 12.9.